The zero-order valence-electron chi connectivity index (χ0n) is 9.55. The van der Waals surface area contributed by atoms with Gasteiger partial charge in [-0.15, -0.1) is 0 Å². The van der Waals surface area contributed by atoms with Crippen molar-refractivity contribution in [2.75, 3.05) is 0 Å². The van der Waals surface area contributed by atoms with Crippen LogP contribution in [0, 0.1) is 11.3 Å². The van der Waals surface area contributed by atoms with Gasteiger partial charge in [0.25, 0.3) is 0 Å². The zero-order chi connectivity index (χ0) is 12.4. The van der Waals surface area contributed by atoms with E-state index in [9.17, 15) is 0 Å². The molecule has 86 valence electrons. The van der Waals surface area contributed by atoms with Gasteiger partial charge >= 0.3 is 0 Å². The van der Waals surface area contributed by atoms with Gasteiger partial charge in [0.15, 0.2) is 5.82 Å². The lowest BCUT2D eigenvalue weighted by Crippen LogP contribution is -2.01. The second-order valence-electron chi connectivity index (χ2n) is 3.95. The van der Waals surface area contributed by atoms with Crippen LogP contribution in [0.5, 0.6) is 0 Å². The fraction of sp³-hybridized carbons (Fsp3) is 0.250. The predicted molar refractivity (Wildman–Crippen MR) is 65.2 cm³/mol. The molecule has 5 heteroatoms. The van der Waals surface area contributed by atoms with Crippen LogP contribution in [0.15, 0.2) is 24.5 Å². The van der Waals surface area contributed by atoms with Crippen LogP contribution in [-0.2, 0) is 0 Å². The monoisotopic (exact) mass is 246 g/mol. The number of nitriles is 1. The van der Waals surface area contributed by atoms with E-state index >= 15 is 0 Å². The third-order valence-electron chi connectivity index (χ3n) is 2.41. The molecule has 0 amide bonds. The lowest BCUT2D eigenvalue weighted by atomic mass is 10.1. The minimum absolute atomic E-state index is 0.327. The molecule has 2 aromatic rings. The molecular weight excluding hydrogens is 236 g/mol. The molecule has 0 aliphatic heterocycles. The normalized spacial score (nSPS) is 10.5. The summed E-state index contributed by atoms with van der Waals surface area (Å²) in [5.41, 5.74) is 1.36. The summed E-state index contributed by atoms with van der Waals surface area (Å²) in [4.78, 5) is 4.15. The number of pyridine rings is 1. The van der Waals surface area contributed by atoms with Crippen LogP contribution in [0.2, 0.25) is 5.02 Å². The van der Waals surface area contributed by atoms with Crippen LogP contribution in [0.4, 0.5) is 0 Å². The summed E-state index contributed by atoms with van der Waals surface area (Å²) in [6.45, 7) is 4.13. The molecular formula is C12H11ClN4. The van der Waals surface area contributed by atoms with E-state index in [1.807, 2.05) is 12.1 Å². The standard InChI is InChI=1S/C12H11ClN4/c1-8(2)10-4-6-17(16-10)12-11(13)9(7-14)3-5-15-12/h3-6,8H,1-2H3. The van der Waals surface area contributed by atoms with E-state index in [-0.39, 0.29) is 0 Å². The van der Waals surface area contributed by atoms with Gasteiger partial charge in [-0.2, -0.15) is 10.4 Å². The molecule has 0 unspecified atom stereocenters. The van der Waals surface area contributed by atoms with Gasteiger partial charge in [-0.25, -0.2) is 9.67 Å². The van der Waals surface area contributed by atoms with Crippen molar-refractivity contribution in [2.24, 2.45) is 0 Å². The molecule has 0 saturated heterocycles. The maximum Gasteiger partial charge on any atom is 0.173 e. The molecule has 17 heavy (non-hydrogen) atoms. The summed E-state index contributed by atoms with van der Waals surface area (Å²) in [7, 11) is 0. The summed E-state index contributed by atoms with van der Waals surface area (Å²) in [6, 6.07) is 5.52. The Hall–Kier alpha value is -1.86. The average Bonchev–Trinajstić information content (AvgIpc) is 2.78. The number of nitrogens with zero attached hydrogens (tertiary/aromatic N) is 4. The number of hydrogen-bond donors (Lipinski definition) is 0. The quantitative estimate of drug-likeness (QED) is 0.819. The lowest BCUT2D eigenvalue weighted by Gasteiger charge is -2.04. The molecule has 0 aliphatic carbocycles. The molecule has 0 bridgehead atoms. The van der Waals surface area contributed by atoms with Crippen LogP contribution in [0.3, 0.4) is 0 Å². The van der Waals surface area contributed by atoms with Crippen molar-refractivity contribution in [3.63, 3.8) is 0 Å². The Morgan fingerprint density at radius 3 is 2.76 bits per heavy atom. The summed E-state index contributed by atoms with van der Waals surface area (Å²) in [5, 5.41) is 13.6. The van der Waals surface area contributed by atoms with E-state index in [4.69, 9.17) is 16.9 Å². The van der Waals surface area contributed by atoms with Crippen molar-refractivity contribution >= 4 is 11.6 Å². The minimum atomic E-state index is 0.327. The van der Waals surface area contributed by atoms with Crippen molar-refractivity contribution < 1.29 is 0 Å². The molecule has 4 nitrogen and oxygen atoms in total. The fourth-order valence-corrected chi connectivity index (χ4v) is 1.68. The van der Waals surface area contributed by atoms with Crippen molar-refractivity contribution in [2.45, 2.75) is 19.8 Å². The third kappa shape index (κ3) is 2.15. The highest BCUT2D eigenvalue weighted by Crippen LogP contribution is 2.22. The van der Waals surface area contributed by atoms with E-state index in [0.717, 1.165) is 5.69 Å². The maximum absolute atomic E-state index is 8.89. The summed E-state index contributed by atoms with van der Waals surface area (Å²) in [5.74, 6) is 0.826. The lowest BCUT2D eigenvalue weighted by molar-refractivity contribution is 0.757. The Morgan fingerprint density at radius 1 is 1.41 bits per heavy atom. The van der Waals surface area contributed by atoms with Crippen LogP contribution in [0.1, 0.15) is 31.0 Å². The Kier molecular flexibility index (Phi) is 3.12. The molecule has 0 spiro atoms. The van der Waals surface area contributed by atoms with E-state index in [2.05, 4.69) is 23.9 Å². The number of aromatic nitrogens is 3. The summed E-state index contributed by atoms with van der Waals surface area (Å²) in [6.07, 6.45) is 3.35. The van der Waals surface area contributed by atoms with Crippen molar-refractivity contribution in [1.29, 1.82) is 5.26 Å². The molecule has 0 fully saturated rings. The van der Waals surface area contributed by atoms with Crippen molar-refractivity contribution in [3.8, 4) is 11.9 Å². The number of halogens is 1. The van der Waals surface area contributed by atoms with Crippen LogP contribution in [-0.4, -0.2) is 14.8 Å². The Labute approximate surface area is 104 Å². The molecule has 0 atom stereocenters. The van der Waals surface area contributed by atoms with Crippen molar-refractivity contribution in [1.82, 2.24) is 14.8 Å². The predicted octanol–water partition coefficient (Wildman–Crippen LogP) is 2.92. The minimum Gasteiger partial charge on any atom is -0.236 e. The first kappa shape index (κ1) is 11.6. The van der Waals surface area contributed by atoms with Gasteiger partial charge < -0.3 is 0 Å². The van der Waals surface area contributed by atoms with Crippen molar-refractivity contribution in [3.05, 3.63) is 40.8 Å². The van der Waals surface area contributed by atoms with Gasteiger partial charge in [0.1, 0.15) is 11.1 Å². The second kappa shape index (κ2) is 4.56. The number of rotatable bonds is 2. The fourth-order valence-electron chi connectivity index (χ4n) is 1.44. The first-order chi connectivity index (χ1) is 8.13. The van der Waals surface area contributed by atoms with Gasteiger partial charge in [0, 0.05) is 12.4 Å². The summed E-state index contributed by atoms with van der Waals surface area (Å²) >= 11 is 6.09. The maximum atomic E-state index is 8.89. The smallest absolute Gasteiger partial charge is 0.173 e. The van der Waals surface area contributed by atoms with E-state index in [1.54, 1.807) is 23.1 Å². The molecule has 2 aromatic heterocycles. The highest BCUT2D eigenvalue weighted by Gasteiger charge is 2.11. The van der Waals surface area contributed by atoms with E-state index in [1.165, 1.54) is 0 Å². The molecule has 0 saturated carbocycles. The highest BCUT2D eigenvalue weighted by atomic mass is 35.5. The zero-order valence-corrected chi connectivity index (χ0v) is 10.3. The summed E-state index contributed by atoms with van der Waals surface area (Å²) < 4.78 is 1.60. The van der Waals surface area contributed by atoms with Gasteiger partial charge in [-0.05, 0) is 18.1 Å². The molecule has 0 radical (unpaired) electrons. The largest absolute Gasteiger partial charge is 0.236 e. The molecule has 2 rings (SSSR count). The topological polar surface area (TPSA) is 54.5 Å². The average molecular weight is 247 g/mol. The first-order valence-corrected chi connectivity index (χ1v) is 5.62. The Bertz CT molecular complexity index is 580. The molecule has 2 heterocycles. The SMILES string of the molecule is CC(C)c1ccn(-c2nccc(C#N)c2Cl)n1. The Balaban J connectivity index is 2.50. The first-order valence-electron chi connectivity index (χ1n) is 5.24. The Morgan fingerprint density at radius 2 is 2.18 bits per heavy atom. The van der Waals surface area contributed by atoms with Gasteiger partial charge in [0.2, 0.25) is 0 Å². The third-order valence-corrected chi connectivity index (χ3v) is 2.78. The van der Waals surface area contributed by atoms with Gasteiger partial charge in [-0.3, -0.25) is 0 Å². The molecule has 0 aromatic carbocycles. The molecule has 0 N–H and O–H groups in total. The van der Waals surface area contributed by atoms with Crippen LogP contribution < -0.4 is 0 Å². The number of hydrogen-bond acceptors (Lipinski definition) is 3. The van der Waals surface area contributed by atoms with E-state index < -0.39 is 0 Å². The van der Waals surface area contributed by atoms with Gasteiger partial charge in [0.05, 0.1) is 11.3 Å². The second-order valence-corrected chi connectivity index (χ2v) is 4.33. The highest BCUT2D eigenvalue weighted by molar-refractivity contribution is 6.33. The molecule has 0 aliphatic rings. The van der Waals surface area contributed by atoms with Crippen LogP contribution >= 0.6 is 11.6 Å². The van der Waals surface area contributed by atoms with Crippen LogP contribution in [0.25, 0.3) is 5.82 Å². The van der Waals surface area contributed by atoms with E-state index in [0.29, 0.717) is 22.3 Å². The van der Waals surface area contributed by atoms with Gasteiger partial charge in [-0.1, -0.05) is 25.4 Å².